The molecule has 0 bridgehead atoms. The SMILES string of the molecule is Cc1nnc(-c2ccccc2NC(=O)C(C)C(C)N)o1. The zero-order valence-corrected chi connectivity index (χ0v) is 11.8. The molecule has 2 atom stereocenters. The molecule has 0 aliphatic rings. The van der Waals surface area contributed by atoms with Crippen molar-refractivity contribution in [3.63, 3.8) is 0 Å². The molecule has 2 aromatic rings. The first-order valence-electron chi connectivity index (χ1n) is 6.45. The van der Waals surface area contributed by atoms with Gasteiger partial charge < -0.3 is 15.5 Å². The summed E-state index contributed by atoms with van der Waals surface area (Å²) >= 11 is 0. The number of carbonyl (C=O) groups excluding carboxylic acids is 1. The minimum absolute atomic E-state index is 0.135. The standard InChI is InChI=1S/C14H18N4O2/c1-8(9(2)15)13(19)16-12-7-5-4-6-11(12)14-18-17-10(3)20-14/h4-9H,15H2,1-3H3,(H,16,19). The van der Waals surface area contributed by atoms with Gasteiger partial charge in [0.2, 0.25) is 17.7 Å². The first kappa shape index (κ1) is 14.2. The van der Waals surface area contributed by atoms with Crippen LogP contribution in [0.4, 0.5) is 5.69 Å². The zero-order valence-electron chi connectivity index (χ0n) is 11.8. The molecule has 0 saturated carbocycles. The molecule has 0 aliphatic heterocycles. The molecule has 1 aromatic carbocycles. The van der Waals surface area contributed by atoms with Gasteiger partial charge in [0.05, 0.1) is 17.2 Å². The van der Waals surface area contributed by atoms with E-state index in [-0.39, 0.29) is 17.9 Å². The first-order valence-corrected chi connectivity index (χ1v) is 6.45. The minimum Gasteiger partial charge on any atom is -0.421 e. The maximum atomic E-state index is 12.1. The third-order valence-electron chi connectivity index (χ3n) is 3.14. The highest BCUT2D eigenvalue weighted by atomic mass is 16.4. The lowest BCUT2D eigenvalue weighted by atomic mass is 10.0. The monoisotopic (exact) mass is 274 g/mol. The average Bonchev–Trinajstić information content (AvgIpc) is 2.84. The number of aryl methyl sites for hydroxylation is 1. The van der Waals surface area contributed by atoms with Crippen LogP contribution in [0.15, 0.2) is 28.7 Å². The molecule has 2 unspecified atom stereocenters. The van der Waals surface area contributed by atoms with Gasteiger partial charge in [-0.25, -0.2) is 0 Å². The Morgan fingerprint density at radius 3 is 2.60 bits per heavy atom. The Morgan fingerprint density at radius 1 is 1.30 bits per heavy atom. The van der Waals surface area contributed by atoms with E-state index < -0.39 is 0 Å². The van der Waals surface area contributed by atoms with E-state index in [1.807, 2.05) is 18.2 Å². The molecule has 0 radical (unpaired) electrons. The maximum Gasteiger partial charge on any atom is 0.249 e. The lowest BCUT2D eigenvalue weighted by molar-refractivity contribution is -0.119. The van der Waals surface area contributed by atoms with Crippen molar-refractivity contribution in [3.05, 3.63) is 30.2 Å². The van der Waals surface area contributed by atoms with E-state index in [9.17, 15) is 4.79 Å². The van der Waals surface area contributed by atoms with Crippen LogP contribution >= 0.6 is 0 Å². The van der Waals surface area contributed by atoms with Gasteiger partial charge in [-0.05, 0) is 19.1 Å². The topological polar surface area (TPSA) is 94.0 Å². The average molecular weight is 274 g/mol. The number of nitrogens with two attached hydrogens (primary N) is 1. The lowest BCUT2D eigenvalue weighted by Crippen LogP contribution is -2.34. The largest absolute Gasteiger partial charge is 0.421 e. The third-order valence-corrected chi connectivity index (χ3v) is 3.14. The van der Waals surface area contributed by atoms with E-state index >= 15 is 0 Å². The third kappa shape index (κ3) is 3.03. The van der Waals surface area contributed by atoms with Crippen molar-refractivity contribution in [2.24, 2.45) is 11.7 Å². The number of hydrogen-bond acceptors (Lipinski definition) is 5. The van der Waals surface area contributed by atoms with E-state index in [0.29, 0.717) is 23.0 Å². The van der Waals surface area contributed by atoms with Gasteiger partial charge in [-0.2, -0.15) is 0 Å². The molecule has 3 N–H and O–H groups in total. The summed E-state index contributed by atoms with van der Waals surface area (Å²) in [5, 5.41) is 10.6. The smallest absolute Gasteiger partial charge is 0.249 e. The van der Waals surface area contributed by atoms with Crippen LogP contribution < -0.4 is 11.1 Å². The van der Waals surface area contributed by atoms with Gasteiger partial charge in [0.15, 0.2) is 0 Å². The quantitative estimate of drug-likeness (QED) is 0.888. The Kier molecular flexibility index (Phi) is 4.14. The summed E-state index contributed by atoms with van der Waals surface area (Å²) in [6, 6.07) is 7.07. The Morgan fingerprint density at radius 2 is 2.00 bits per heavy atom. The van der Waals surface area contributed by atoms with Crippen LogP contribution in [-0.4, -0.2) is 22.1 Å². The Hall–Kier alpha value is -2.21. The number of benzene rings is 1. The molecule has 6 nitrogen and oxygen atoms in total. The lowest BCUT2D eigenvalue weighted by Gasteiger charge is -2.16. The summed E-state index contributed by atoms with van der Waals surface area (Å²) < 4.78 is 5.40. The number of anilines is 1. The van der Waals surface area contributed by atoms with E-state index in [4.69, 9.17) is 10.2 Å². The van der Waals surface area contributed by atoms with Crippen molar-refractivity contribution in [2.45, 2.75) is 26.8 Å². The van der Waals surface area contributed by atoms with Gasteiger partial charge in [-0.15, -0.1) is 10.2 Å². The predicted octanol–water partition coefficient (Wildman–Crippen LogP) is 1.97. The molecule has 20 heavy (non-hydrogen) atoms. The van der Waals surface area contributed by atoms with Crippen molar-refractivity contribution < 1.29 is 9.21 Å². The molecule has 1 aromatic heterocycles. The highest BCUT2D eigenvalue weighted by molar-refractivity contribution is 5.96. The number of rotatable bonds is 4. The number of nitrogens with one attached hydrogen (secondary N) is 1. The molecule has 106 valence electrons. The molecule has 1 amide bonds. The highest BCUT2D eigenvalue weighted by Crippen LogP contribution is 2.27. The number of hydrogen-bond donors (Lipinski definition) is 2. The molecule has 0 aliphatic carbocycles. The Bertz CT molecular complexity index is 607. The molecule has 1 heterocycles. The van der Waals surface area contributed by atoms with Crippen molar-refractivity contribution in [2.75, 3.05) is 5.32 Å². The molecular weight excluding hydrogens is 256 g/mol. The highest BCUT2D eigenvalue weighted by Gasteiger charge is 2.19. The Balaban J connectivity index is 2.27. The molecule has 0 saturated heterocycles. The predicted molar refractivity (Wildman–Crippen MR) is 75.9 cm³/mol. The van der Waals surface area contributed by atoms with E-state index in [1.54, 1.807) is 26.8 Å². The van der Waals surface area contributed by atoms with E-state index in [1.165, 1.54) is 0 Å². The second kappa shape index (κ2) is 5.83. The van der Waals surface area contributed by atoms with Crippen LogP contribution in [0.1, 0.15) is 19.7 Å². The van der Waals surface area contributed by atoms with Gasteiger partial charge in [-0.3, -0.25) is 4.79 Å². The van der Waals surface area contributed by atoms with Crippen LogP contribution in [0.5, 0.6) is 0 Å². The number of para-hydroxylation sites is 1. The minimum atomic E-state index is -0.285. The van der Waals surface area contributed by atoms with Gasteiger partial charge in [0, 0.05) is 13.0 Å². The summed E-state index contributed by atoms with van der Waals surface area (Å²) in [6.07, 6.45) is 0. The summed E-state index contributed by atoms with van der Waals surface area (Å²) in [4.78, 5) is 12.1. The molecule has 0 spiro atoms. The second-order valence-corrected chi connectivity index (χ2v) is 4.81. The number of amides is 1. The molecule has 6 heteroatoms. The summed E-state index contributed by atoms with van der Waals surface area (Å²) in [5.41, 5.74) is 7.07. The van der Waals surface area contributed by atoms with Gasteiger partial charge >= 0.3 is 0 Å². The van der Waals surface area contributed by atoms with Crippen LogP contribution in [0, 0.1) is 12.8 Å². The number of carbonyl (C=O) groups is 1. The van der Waals surface area contributed by atoms with Gasteiger partial charge in [-0.1, -0.05) is 19.1 Å². The summed E-state index contributed by atoms with van der Waals surface area (Å²) in [6.45, 7) is 5.31. The van der Waals surface area contributed by atoms with Crippen molar-refractivity contribution in [1.29, 1.82) is 0 Å². The fourth-order valence-corrected chi connectivity index (χ4v) is 1.67. The maximum absolute atomic E-state index is 12.1. The van der Waals surface area contributed by atoms with E-state index in [0.717, 1.165) is 0 Å². The zero-order chi connectivity index (χ0) is 14.7. The Labute approximate surface area is 117 Å². The van der Waals surface area contributed by atoms with Crippen LogP contribution in [0.2, 0.25) is 0 Å². The fourth-order valence-electron chi connectivity index (χ4n) is 1.67. The molecular formula is C14H18N4O2. The number of aromatic nitrogens is 2. The summed E-state index contributed by atoms with van der Waals surface area (Å²) in [7, 11) is 0. The van der Waals surface area contributed by atoms with Gasteiger partial charge in [0.1, 0.15) is 0 Å². The molecule has 2 rings (SSSR count). The summed E-state index contributed by atoms with van der Waals surface area (Å²) in [5.74, 6) is 0.438. The second-order valence-electron chi connectivity index (χ2n) is 4.81. The fraction of sp³-hybridized carbons (Fsp3) is 0.357. The van der Waals surface area contributed by atoms with Crippen molar-refractivity contribution in [3.8, 4) is 11.5 Å². The van der Waals surface area contributed by atoms with Crippen LogP contribution in [0.25, 0.3) is 11.5 Å². The molecule has 0 fully saturated rings. The van der Waals surface area contributed by atoms with Gasteiger partial charge in [0.25, 0.3) is 0 Å². The number of nitrogens with zero attached hydrogens (tertiary/aromatic N) is 2. The normalized spacial score (nSPS) is 13.8. The van der Waals surface area contributed by atoms with Crippen LogP contribution in [-0.2, 0) is 4.79 Å². The van der Waals surface area contributed by atoms with Crippen molar-refractivity contribution >= 4 is 11.6 Å². The first-order chi connectivity index (χ1) is 9.49. The van der Waals surface area contributed by atoms with E-state index in [2.05, 4.69) is 15.5 Å². The van der Waals surface area contributed by atoms with Crippen LogP contribution in [0.3, 0.4) is 0 Å². The van der Waals surface area contributed by atoms with Crippen molar-refractivity contribution in [1.82, 2.24) is 10.2 Å².